The molecular weight excluding hydrogens is 190 g/mol. The van der Waals surface area contributed by atoms with Crippen LogP contribution in [0.1, 0.15) is 42.0 Å². The molecule has 0 spiro atoms. The second-order valence-electron chi connectivity index (χ2n) is 4.16. The van der Waals surface area contributed by atoms with Crippen LogP contribution in [-0.4, -0.2) is 13.6 Å². The van der Waals surface area contributed by atoms with Crippen LogP contribution < -0.4 is 5.32 Å². The first kappa shape index (κ1) is 10.2. The molecule has 1 aliphatic rings. The van der Waals surface area contributed by atoms with E-state index in [1.165, 1.54) is 32.1 Å². The standard InChI is InChI=1S/C12H19NS/c1-13-9-11-6-4-2-3-5-10-7-8-14-12(10)11/h7-8,11,13H,2-6,9H2,1H3. The third-order valence-electron chi connectivity index (χ3n) is 3.10. The Morgan fingerprint density at radius 3 is 3.21 bits per heavy atom. The van der Waals surface area contributed by atoms with Crippen LogP contribution >= 0.6 is 11.3 Å². The lowest BCUT2D eigenvalue weighted by Gasteiger charge is -2.19. The Kier molecular flexibility index (Phi) is 3.60. The van der Waals surface area contributed by atoms with Gasteiger partial charge < -0.3 is 5.32 Å². The Balaban J connectivity index is 2.18. The molecule has 1 nitrogen and oxygen atoms in total. The highest BCUT2D eigenvalue weighted by Crippen LogP contribution is 2.33. The summed E-state index contributed by atoms with van der Waals surface area (Å²) in [6.45, 7) is 1.15. The van der Waals surface area contributed by atoms with Crippen LogP contribution in [-0.2, 0) is 6.42 Å². The Morgan fingerprint density at radius 2 is 2.36 bits per heavy atom. The van der Waals surface area contributed by atoms with E-state index in [2.05, 4.69) is 23.8 Å². The lowest BCUT2D eigenvalue weighted by atomic mass is 9.91. The first-order valence-electron chi connectivity index (χ1n) is 5.62. The minimum absolute atomic E-state index is 0.773. The number of thiophene rings is 1. The van der Waals surface area contributed by atoms with Crippen molar-refractivity contribution in [1.29, 1.82) is 0 Å². The number of nitrogens with one attached hydrogen (secondary N) is 1. The van der Waals surface area contributed by atoms with Crippen molar-refractivity contribution in [1.82, 2.24) is 5.32 Å². The van der Waals surface area contributed by atoms with E-state index in [9.17, 15) is 0 Å². The number of hydrogen-bond acceptors (Lipinski definition) is 2. The molecule has 1 N–H and O–H groups in total. The first-order valence-corrected chi connectivity index (χ1v) is 6.50. The van der Waals surface area contributed by atoms with Crippen molar-refractivity contribution in [3.63, 3.8) is 0 Å². The summed E-state index contributed by atoms with van der Waals surface area (Å²) in [6.07, 6.45) is 6.88. The Hall–Kier alpha value is -0.340. The van der Waals surface area contributed by atoms with Crippen LogP contribution in [0.3, 0.4) is 0 Å². The maximum Gasteiger partial charge on any atom is 0.0121 e. The number of likely N-dealkylation sites (N-methyl/N-ethyl adjacent to an activating group) is 1. The molecule has 1 atom stereocenters. The van der Waals surface area contributed by atoms with Crippen molar-refractivity contribution in [2.24, 2.45) is 0 Å². The van der Waals surface area contributed by atoms with Gasteiger partial charge in [-0.25, -0.2) is 0 Å². The minimum Gasteiger partial charge on any atom is -0.319 e. The molecule has 0 fully saturated rings. The van der Waals surface area contributed by atoms with Crippen LogP contribution in [0.25, 0.3) is 0 Å². The predicted molar refractivity (Wildman–Crippen MR) is 63.2 cm³/mol. The minimum atomic E-state index is 0.773. The highest BCUT2D eigenvalue weighted by molar-refractivity contribution is 7.10. The quantitative estimate of drug-likeness (QED) is 0.789. The molecule has 78 valence electrons. The van der Waals surface area contributed by atoms with Crippen molar-refractivity contribution in [3.8, 4) is 0 Å². The maximum absolute atomic E-state index is 3.32. The lowest BCUT2D eigenvalue weighted by molar-refractivity contribution is 0.523. The molecule has 14 heavy (non-hydrogen) atoms. The zero-order valence-corrected chi connectivity index (χ0v) is 9.70. The number of aryl methyl sites for hydroxylation is 1. The van der Waals surface area contributed by atoms with E-state index in [0.717, 1.165) is 12.5 Å². The number of hydrogen-bond donors (Lipinski definition) is 1. The molecule has 1 aliphatic carbocycles. The molecule has 0 saturated carbocycles. The van der Waals surface area contributed by atoms with Crippen LogP contribution in [0.5, 0.6) is 0 Å². The van der Waals surface area contributed by atoms with Gasteiger partial charge in [-0.15, -0.1) is 11.3 Å². The Morgan fingerprint density at radius 1 is 1.43 bits per heavy atom. The normalized spacial score (nSPS) is 22.5. The van der Waals surface area contributed by atoms with Gasteiger partial charge >= 0.3 is 0 Å². The summed E-state index contributed by atoms with van der Waals surface area (Å²) < 4.78 is 0. The van der Waals surface area contributed by atoms with Crippen molar-refractivity contribution >= 4 is 11.3 Å². The largest absolute Gasteiger partial charge is 0.319 e. The maximum atomic E-state index is 3.32. The summed E-state index contributed by atoms with van der Waals surface area (Å²) in [5.74, 6) is 0.773. The Labute approximate surface area is 90.5 Å². The van der Waals surface area contributed by atoms with E-state index in [1.807, 2.05) is 11.3 Å². The zero-order chi connectivity index (χ0) is 9.80. The molecule has 1 unspecified atom stereocenters. The summed E-state index contributed by atoms with van der Waals surface area (Å²) in [5, 5.41) is 5.59. The van der Waals surface area contributed by atoms with Gasteiger partial charge in [0, 0.05) is 17.3 Å². The summed E-state index contributed by atoms with van der Waals surface area (Å²) in [6, 6.07) is 2.33. The van der Waals surface area contributed by atoms with E-state index in [4.69, 9.17) is 0 Å². The average Bonchev–Trinajstić information content (AvgIpc) is 2.59. The van der Waals surface area contributed by atoms with Crippen molar-refractivity contribution < 1.29 is 0 Å². The molecule has 0 aliphatic heterocycles. The number of fused-ring (bicyclic) bond motifs is 1. The van der Waals surface area contributed by atoms with E-state index >= 15 is 0 Å². The van der Waals surface area contributed by atoms with Gasteiger partial charge in [-0.05, 0) is 43.3 Å². The molecule has 2 rings (SSSR count). The average molecular weight is 209 g/mol. The molecule has 0 radical (unpaired) electrons. The SMILES string of the molecule is CNCC1CCCCCc2ccsc21. The molecule has 1 heterocycles. The highest BCUT2D eigenvalue weighted by Gasteiger charge is 2.17. The number of rotatable bonds is 2. The molecule has 1 aromatic rings. The van der Waals surface area contributed by atoms with Gasteiger partial charge in [0.05, 0.1) is 0 Å². The van der Waals surface area contributed by atoms with Crippen LogP contribution in [0, 0.1) is 0 Å². The Bertz CT molecular complexity index is 280. The van der Waals surface area contributed by atoms with Gasteiger partial charge in [-0.1, -0.05) is 12.8 Å². The first-order chi connectivity index (χ1) is 6.92. The predicted octanol–water partition coefficient (Wildman–Crippen LogP) is 3.17. The second kappa shape index (κ2) is 4.94. The van der Waals surface area contributed by atoms with Crippen molar-refractivity contribution in [2.45, 2.75) is 38.0 Å². The molecule has 1 aromatic heterocycles. The van der Waals surface area contributed by atoms with E-state index in [0.29, 0.717) is 0 Å². The zero-order valence-electron chi connectivity index (χ0n) is 8.88. The van der Waals surface area contributed by atoms with E-state index < -0.39 is 0 Å². The third kappa shape index (κ3) is 2.18. The fraction of sp³-hybridized carbons (Fsp3) is 0.667. The fourth-order valence-corrected chi connectivity index (χ4v) is 3.46. The van der Waals surface area contributed by atoms with Crippen LogP contribution in [0.15, 0.2) is 11.4 Å². The van der Waals surface area contributed by atoms with Crippen LogP contribution in [0.4, 0.5) is 0 Å². The van der Waals surface area contributed by atoms with E-state index in [1.54, 1.807) is 10.4 Å². The lowest BCUT2D eigenvalue weighted by Crippen LogP contribution is -2.18. The van der Waals surface area contributed by atoms with Crippen molar-refractivity contribution in [2.75, 3.05) is 13.6 Å². The van der Waals surface area contributed by atoms with Gasteiger partial charge in [-0.3, -0.25) is 0 Å². The van der Waals surface area contributed by atoms with Gasteiger partial charge in [-0.2, -0.15) is 0 Å². The monoisotopic (exact) mass is 209 g/mol. The van der Waals surface area contributed by atoms with Gasteiger partial charge in [0.25, 0.3) is 0 Å². The summed E-state index contributed by atoms with van der Waals surface area (Å²) in [5.41, 5.74) is 1.62. The summed E-state index contributed by atoms with van der Waals surface area (Å²) >= 11 is 1.96. The molecule has 0 aromatic carbocycles. The smallest absolute Gasteiger partial charge is 0.0121 e. The molecular formula is C12H19NS. The molecule has 0 bridgehead atoms. The van der Waals surface area contributed by atoms with Crippen molar-refractivity contribution in [3.05, 3.63) is 21.9 Å². The van der Waals surface area contributed by atoms with Gasteiger partial charge in [0.1, 0.15) is 0 Å². The van der Waals surface area contributed by atoms with Gasteiger partial charge in [0.2, 0.25) is 0 Å². The third-order valence-corrected chi connectivity index (χ3v) is 4.22. The van der Waals surface area contributed by atoms with Crippen LogP contribution in [0.2, 0.25) is 0 Å². The van der Waals surface area contributed by atoms with E-state index in [-0.39, 0.29) is 0 Å². The topological polar surface area (TPSA) is 12.0 Å². The molecule has 0 amide bonds. The highest BCUT2D eigenvalue weighted by atomic mass is 32.1. The van der Waals surface area contributed by atoms with Gasteiger partial charge in [0.15, 0.2) is 0 Å². The summed E-state index contributed by atoms with van der Waals surface area (Å²) in [7, 11) is 2.06. The molecule has 2 heteroatoms. The fourth-order valence-electron chi connectivity index (χ4n) is 2.37. The molecule has 0 saturated heterocycles. The summed E-state index contributed by atoms with van der Waals surface area (Å²) in [4.78, 5) is 1.65. The second-order valence-corrected chi connectivity index (χ2v) is 5.11.